The van der Waals surface area contributed by atoms with Crippen molar-refractivity contribution in [2.45, 2.75) is 54.9 Å². The van der Waals surface area contributed by atoms with Crippen molar-refractivity contribution in [2.24, 2.45) is 0 Å². The van der Waals surface area contributed by atoms with Crippen LogP contribution in [0.25, 0.3) is 0 Å². The molecule has 0 aromatic heterocycles. The van der Waals surface area contributed by atoms with Crippen LogP contribution < -0.4 is 10.0 Å². The molecule has 1 aromatic rings. The number of halogens is 4. The second-order valence-electron chi connectivity index (χ2n) is 6.24. The van der Waals surface area contributed by atoms with Gasteiger partial charge in [0.2, 0.25) is 10.0 Å². The van der Waals surface area contributed by atoms with Crippen LogP contribution in [0.3, 0.4) is 0 Å². The second-order valence-corrected chi connectivity index (χ2v) is 7.96. The SMILES string of the molecule is Cl.N#Cc1ccc(S(=O)(=O)NC2CC3CCC(C2)N3)cc1C(F)(F)F. The Labute approximate surface area is 150 Å². The number of nitriles is 1. The van der Waals surface area contributed by atoms with Gasteiger partial charge in [-0.05, 0) is 43.9 Å². The predicted molar refractivity (Wildman–Crippen MR) is 86.7 cm³/mol. The topological polar surface area (TPSA) is 82.0 Å². The largest absolute Gasteiger partial charge is 0.417 e. The van der Waals surface area contributed by atoms with Crippen LogP contribution in [0.15, 0.2) is 23.1 Å². The summed E-state index contributed by atoms with van der Waals surface area (Å²) in [5.41, 5.74) is -1.83. The third kappa shape index (κ3) is 4.26. The van der Waals surface area contributed by atoms with E-state index in [-0.39, 0.29) is 30.5 Å². The van der Waals surface area contributed by atoms with Crippen LogP contribution >= 0.6 is 12.4 Å². The molecule has 2 bridgehead atoms. The first-order valence-corrected chi connectivity index (χ1v) is 9.07. The van der Waals surface area contributed by atoms with Crippen LogP contribution in [0.2, 0.25) is 0 Å². The van der Waals surface area contributed by atoms with E-state index < -0.39 is 32.2 Å². The maximum atomic E-state index is 13.0. The Morgan fingerprint density at radius 1 is 1.20 bits per heavy atom. The van der Waals surface area contributed by atoms with Crippen molar-refractivity contribution in [1.82, 2.24) is 10.0 Å². The van der Waals surface area contributed by atoms with E-state index in [1.54, 1.807) is 0 Å². The van der Waals surface area contributed by atoms with Crippen LogP contribution in [0, 0.1) is 11.3 Å². The minimum Gasteiger partial charge on any atom is -0.311 e. The summed E-state index contributed by atoms with van der Waals surface area (Å²) in [4.78, 5) is -0.472. The maximum Gasteiger partial charge on any atom is 0.417 e. The van der Waals surface area contributed by atoms with Crippen LogP contribution in [0.4, 0.5) is 13.2 Å². The normalized spacial score (nSPS) is 25.9. The lowest BCUT2D eigenvalue weighted by Gasteiger charge is -2.29. The van der Waals surface area contributed by atoms with Gasteiger partial charge in [0.25, 0.3) is 0 Å². The minimum atomic E-state index is -4.79. The molecule has 0 aliphatic carbocycles. The number of fused-ring (bicyclic) bond motifs is 2. The molecule has 138 valence electrons. The number of nitrogens with one attached hydrogen (secondary N) is 2. The van der Waals surface area contributed by atoms with Crippen molar-refractivity contribution in [3.63, 3.8) is 0 Å². The lowest BCUT2D eigenvalue weighted by molar-refractivity contribution is -0.137. The molecule has 2 heterocycles. The summed E-state index contributed by atoms with van der Waals surface area (Å²) in [5.74, 6) is 0. The molecule has 5 nitrogen and oxygen atoms in total. The van der Waals surface area contributed by atoms with Crippen LogP contribution in [0.5, 0.6) is 0 Å². The third-order valence-corrected chi connectivity index (χ3v) is 6.04. The van der Waals surface area contributed by atoms with E-state index in [0.29, 0.717) is 18.9 Å². The molecule has 10 heteroatoms. The van der Waals surface area contributed by atoms with E-state index >= 15 is 0 Å². The van der Waals surface area contributed by atoms with Gasteiger partial charge >= 0.3 is 6.18 Å². The Morgan fingerprint density at radius 2 is 1.80 bits per heavy atom. The van der Waals surface area contributed by atoms with Gasteiger partial charge < -0.3 is 5.32 Å². The summed E-state index contributed by atoms with van der Waals surface area (Å²) < 4.78 is 66.4. The van der Waals surface area contributed by atoms with E-state index in [9.17, 15) is 21.6 Å². The van der Waals surface area contributed by atoms with Gasteiger partial charge in [0.15, 0.2) is 0 Å². The second kappa shape index (κ2) is 7.11. The molecule has 2 fully saturated rings. The van der Waals surface area contributed by atoms with Crippen LogP contribution in [0.1, 0.15) is 36.8 Å². The number of benzene rings is 1. The molecule has 0 saturated carbocycles. The van der Waals surface area contributed by atoms with E-state index in [2.05, 4.69) is 10.0 Å². The number of hydrogen-bond donors (Lipinski definition) is 2. The van der Waals surface area contributed by atoms with Gasteiger partial charge in [-0.25, -0.2) is 13.1 Å². The number of sulfonamides is 1. The standard InChI is InChI=1S/C15H16F3N3O2S.ClH/c16-15(17,18)14-7-13(4-1-9(14)8-19)24(22,23)21-12-5-10-2-3-11(6-12)20-10;/h1,4,7,10-12,20-21H,2-3,5-6H2;1H. The summed E-state index contributed by atoms with van der Waals surface area (Å²) in [7, 11) is -4.07. The first kappa shape index (κ1) is 20.0. The molecule has 2 atom stereocenters. The minimum absolute atomic E-state index is 0. The number of hydrogen-bond acceptors (Lipinski definition) is 4. The fourth-order valence-corrected chi connectivity index (χ4v) is 4.75. The Bertz CT molecular complexity index is 780. The monoisotopic (exact) mass is 395 g/mol. The first-order valence-electron chi connectivity index (χ1n) is 7.59. The summed E-state index contributed by atoms with van der Waals surface area (Å²) in [6.07, 6.45) is -1.57. The molecular formula is C15H17ClF3N3O2S. The molecular weight excluding hydrogens is 379 g/mol. The van der Waals surface area contributed by atoms with E-state index in [0.717, 1.165) is 25.0 Å². The number of piperidine rings is 1. The quantitative estimate of drug-likeness (QED) is 0.824. The van der Waals surface area contributed by atoms with Crippen molar-refractivity contribution in [1.29, 1.82) is 5.26 Å². The lowest BCUT2D eigenvalue weighted by atomic mass is 10.0. The van der Waals surface area contributed by atoms with Gasteiger partial charge in [0.05, 0.1) is 22.1 Å². The van der Waals surface area contributed by atoms with Crippen LogP contribution in [-0.4, -0.2) is 26.5 Å². The fraction of sp³-hybridized carbons (Fsp3) is 0.533. The molecule has 0 amide bonds. The van der Waals surface area contributed by atoms with Gasteiger partial charge in [0.1, 0.15) is 0 Å². The molecule has 2 saturated heterocycles. The zero-order valence-electron chi connectivity index (χ0n) is 13.0. The number of nitrogens with zero attached hydrogens (tertiary/aromatic N) is 1. The lowest BCUT2D eigenvalue weighted by Crippen LogP contribution is -2.47. The molecule has 3 rings (SSSR count). The van der Waals surface area contributed by atoms with Crippen LogP contribution in [-0.2, 0) is 16.2 Å². The predicted octanol–water partition coefficient (Wildman–Crippen LogP) is 2.56. The average Bonchev–Trinajstić information content (AvgIpc) is 2.84. The van der Waals surface area contributed by atoms with Gasteiger partial charge in [-0.15, -0.1) is 12.4 Å². The molecule has 2 N–H and O–H groups in total. The summed E-state index contributed by atoms with van der Waals surface area (Å²) in [6.45, 7) is 0. The smallest absolute Gasteiger partial charge is 0.311 e. The van der Waals surface area contributed by atoms with Gasteiger partial charge in [-0.1, -0.05) is 0 Å². The molecule has 2 aliphatic rings. The molecule has 0 spiro atoms. The summed E-state index contributed by atoms with van der Waals surface area (Å²) >= 11 is 0. The first-order chi connectivity index (χ1) is 11.2. The number of rotatable bonds is 3. The fourth-order valence-electron chi connectivity index (χ4n) is 3.46. The Morgan fingerprint density at radius 3 is 2.32 bits per heavy atom. The van der Waals surface area contributed by atoms with E-state index in [1.807, 2.05) is 0 Å². The van der Waals surface area contributed by atoms with Crippen molar-refractivity contribution >= 4 is 22.4 Å². The third-order valence-electron chi connectivity index (χ3n) is 4.52. The number of alkyl halides is 3. The molecule has 2 aliphatic heterocycles. The highest BCUT2D eigenvalue weighted by Gasteiger charge is 2.37. The Hall–Kier alpha value is -1.34. The van der Waals surface area contributed by atoms with E-state index in [4.69, 9.17) is 5.26 Å². The van der Waals surface area contributed by atoms with Crippen molar-refractivity contribution in [3.05, 3.63) is 29.3 Å². The molecule has 2 unspecified atom stereocenters. The average molecular weight is 396 g/mol. The maximum absolute atomic E-state index is 13.0. The van der Waals surface area contributed by atoms with Crippen molar-refractivity contribution < 1.29 is 21.6 Å². The van der Waals surface area contributed by atoms with Gasteiger partial charge in [-0.3, -0.25) is 0 Å². The zero-order valence-corrected chi connectivity index (χ0v) is 14.6. The Balaban J connectivity index is 0.00000225. The highest BCUT2D eigenvalue weighted by atomic mass is 35.5. The van der Waals surface area contributed by atoms with E-state index in [1.165, 1.54) is 6.07 Å². The highest BCUT2D eigenvalue weighted by molar-refractivity contribution is 7.89. The molecule has 0 radical (unpaired) electrons. The molecule has 25 heavy (non-hydrogen) atoms. The summed E-state index contributed by atoms with van der Waals surface area (Å²) in [5, 5.41) is 12.2. The van der Waals surface area contributed by atoms with Gasteiger partial charge in [-0.2, -0.15) is 18.4 Å². The summed E-state index contributed by atoms with van der Waals surface area (Å²) in [6, 6.07) is 4.10. The van der Waals surface area contributed by atoms with Gasteiger partial charge in [0, 0.05) is 18.1 Å². The van der Waals surface area contributed by atoms with Crippen molar-refractivity contribution in [3.8, 4) is 6.07 Å². The highest BCUT2D eigenvalue weighted by Crippen LogP contribution is 2.34. The molecule has 1 aromatic carbocycles. The van der Waals surface area contributed by atoms with Crippen molar-refractivity contribution in [2.75, 3.05) is 0 Å². The zero-order chi connectivity index (χ0) is 17.5. The Kier molecular flexibility index (Phi) is 5.68.